The second-order valence-electron chi connectivity index (χ2n) is 8.71. The summed E-state index contributed by atoms with van der Waals surface area (Å²) >= 11 is 0. The molecular weight excluding hydrogens is 474 g/mol. The summed E-state index contributed by atoms with van der Waals surface area (Å²) in [5, 5.41) is 2.84. The van der Waals surface area contributed by atoms with Crippen LogP contribution in [0.4, 0.5) is 5.69 Å². The Hall–Kier alpha value is -3.65. The van der Waals surface area contributed by atoms with Gasteiger partial charge in [-0.1, -0.05) is 78.4 Å². The van der Waals surface area contributed by atoms with E-state index in [4.69, 9.17) is 0 Å². The summed E-state index contributed by atoms with van der Waals surface area (Å²) in [5.41, 5.74) is 3.12. The third-order valence-electron chi connectivity index (χ3n) is 5.82. The topological polar surface area (TPSA) is 86.8 Å². The van der Waals surface area contributed by atoms with Crippen LogP contribution in [0, 0.1) is 6.92 Å². The average molecular weight is 508 g/mol. The molecule has 0 bridgehead atoms. The maximum absolute atomic E-state index is 13.8. The average Bonchev–Trinajstić information content (AvgIpc) is 2.86. The molecule has 1 unspecified atom stereocenters. The molecule has 0 aliphatic rings. The summed E-state index contributed by atoms with van der Waals surface area (Å²) < 4.78 is 26.5. The number of amides is 2. The van der Waals surface area contributed by atoms with E-state index in [-0.39, 0.29) is 12.5 Å². The van der Waals surface area contributed by atoms with Gasteiger partial charge in [-0.3, -0.25) is 13.9 Å². The number of hydrogen-bond acceptors (Lipinski definition) is 4. The molecule has 0 saturated heterocycles. The molecule has 8 heteroatoms. The number of nitrogens with zero attached hydrogens (tertiary/aromatic N) is 2. The zero-order valence-corrected chi connectivity index (χ0v) is 21.7. The molecule has 7 nitrogen and oxygen atoms in total. The van der Waals surface area contributed by atoms with Gasteiger partial charge in [0.1, 0.15) is 12.6 Å². The number of nitrogens with one attached hydrogen (secondary N) is 1. The van der Waals surface area contributed by atoms with E-state index in [0.717, 1.165) is 27.3 Å². The molecule has 0 aromatic heterocycles. The molecule has 3 rings (SSSR count). The lowest BCUT2D eigenvalue weighted by atomic mass is 10.0. The van der Waals surface area contributed by atoms with Crippen molar-refractivity contribution in [2.75, 3.05) is 23.7 Å². The first kappa shape index (κ1) is 26.9. The van der Waals surface area contributed by atoms with E-state index >= 15 is 0 Å². The summed E-state index contributed by atoms with van der Waals surface area (Å²) in [5.74, 6) is -0.746. The fourth-order valence-electron chi connectivity index (χ4n) is 3.95. The van der Waals surface area contributed by atoms with E-state index in [2.05, 4.69) is 5.32 Å². The third kappa shape index (κ3) is 7.42. The van der Waals surface area contributed by atoms with Crippen LogP contribution in [0.1, 0.15) is 23.6 Å². The molecule has 0 radical (unpaired) electrons. The first-order chi connectivity index (χ1) is 17.2. The number of sulfonamides is 1. The van der Waals surface area contributed by atoms with Crippen molar-refractivity contribution in [2.24, 2.45) is 0 Å². The number of carbonyl (C=O) groups excluding carboxylic acids is 2. The number of benzene rings is 3. The van der Waals surface area contributed by atoms with Crippen molar-refractivity contribution in [1.29, 1.82) is 0 Å². The zero-order chi connectivity index (χ0) is 26.1. The molecule has 0 spiro atoms. The van der Waals surface area contributed by atoms with Crippen LogP contribution in [0.2, 0.25) is 0 Å². The number of rotatable bonds is 11. The van der Waals surface area contributed by atoms with Crippen LogP contribution in [-0.4, -0.2) is 50.5 Å². The van der Waals surface area contributed by atoms with Gasteiger partial charge in [-0.15, -0.1) is 0 Å². The van der Waals surface area contributed by atoms with Crippen molar-refractivity contribution in [1.82, 2.24) is 10.2 Å². The smallest absolute Gasteiger partial charge is 0.244 e. The molecule has 1 atom stereocenters. The van der Waals surface area contributed by atoms with Crippen LogP contribution in [0.3, 0.4) is 0 Å². The normalized spacial score (nSPS) is 12.0. The Balaban J connectivity index is 2.00. The van der Waals surface area contributed by atoms with Crippen molar-refractivity contribution in [3.63, 3.8) is 0 Å². The number of anilines is 1. The Morgan fingerprint density at radius 3 is 1.94 bits per heavy atom. The minimum atomic E-state index is -3.76. The lowest BCUT2D eigenvalue weighted by molar-refractivity contribution is -0.140. The number of likely N-dealkylation sites (N-methyl/N-ethyl adjacent to an activating group) is 1. The van der Waals surface area contributed by atoms with Gasteiger partial charge < -0.3 is 10.2 Å². The SMILES string of the molecule is CCNC(=O)C(Cc1ccccc1)N(Cc1ccccc1)C(=O)CN(c1ccc(C)cc1)S(C)(=O)=O. The third-order valence-corrected chi connectivity index (χ3v) is 6.96. The van der Waals surface area contributed by atoms with Crippen LogP contribution in [0.5, 0.6) is 0 Å². The molecule has 3 aromatic carbocycles. The second kappa shape index (κ2) is 12.4. The summed E-state index contributed by atoms with van der Waals surface area (Å²) in [4.78, 5) is 28.5. The van der Waals surface area contributed by atoms with Gasteiger partial charge in [-0.25, -0.2) is 8.42 Å². The Bertz CT molecular complexity index is 1250. The van der Waals surface area contributed by atoms with Crippen LogP contribution >= 0.6 is 0 Å². The fourth-order valence-corrected chi connectivity index (χ4v) is 4.80. The highest BCUT2D eigenvalue weighted by Gasteiger charge is 2.32. The first-order valence-corrected chi connectivity index (χ1v) is 13.7. The van der Waals surface area contributed by atoms with Gasteiger partial charge in [0.2, 0.25) is 21.8 Å². The number of hydrogen-bond donors (Lipinski definition) is 1. The fraction of sp³-hybridized carbons (Fsp3) is 0.286. The molecular formula is C28H33N3O4S. The minimum Gasteiger partial charge on any atom is -0.355 e. The number of aryl methyl sites for hydroxylation is 1. The van der Waals surface area contributed by atoms with E-state index in [0.29, 0.717) is 18.7 Å². The molecule has 36 heavy (non-hydrogen) atoms. The van der Waals surface area contributed by atoms with Crippen LogP contribution < -0.4 is 9.62 Å². The van der Waals surface area contributed by atoms with Crippen molar-refractivity contribution in [3.8, 4) is 0 Å². The van der Waals surface area contributed by atoms with Crippen molar-refractivity contribution >= 4 is 27.5 Å². The molecule has 0 heterocycles. The Labute approximate surface area is 213 Å². The lowest BCUT2D eigenvalue weighted by Crippen LogP contribution is -2.53. The van der Waals surface area contributed by atoms with Gasteiger partial charge in [0.05, 0.1) is 11.9 Å². The maximum Gasteiger partial charge on any atom is 0.244 e. The molecule has 190 valence electrons. The van der Waals surface area contributed by atoms with Crippen LogP contribution in [0.15, 0.2) is 84.9 Å². The second-order valence-corrected chi connectivity index (χ2v) is 10.6. The first-order valence-electron chi connectivity index (χ1n) is 11.9. The highest BCUT2D eigenvalue weighted by molar-refractivity contribution is 7.92. The van der Waals surface area contributed by atoms with Gasteiger partial charge in [-0.05, 0) is 37.1 Å². The van der Waals surface area contributed by atoms with Crippen molar-refractivity contribution in [3.05, 3.63) is 102 Å². The molecule has 0 saturated carbocycles. The van der Waals surface area contributed by atoms with Gasteiger partial charge in [0, 0.05) is 19.5 Å². The van der Waals surface area contributed by atoms with Gasteiger partial charge in [0.25, 0.3) is 0 Å². The molecule has 3 aromatic rings. The van der Waals surface area contributed by atoms with Gasteiger partial charge in [0.15, 0.2) is 0 Å². The van der Waals surface area contributed by atoms with Crippen molar-refractivity contribution < 1.29 is 18.0 Å². The van der Waals surface area contributed by atoms with Gasteiger partial charge in [-0.2, -0.15) is 0 Å². The highest BCUT2D eigenvalue weighted by Crippen LogP contribution is 2.21. The predicted octanol–water partition coefficient (Wildman–Crippen LogP) is 3.54. The standard InChI is InChI=1S/C28H33N3O4S/c1-4-29-28(33)26(19-23-11-7-5-8-12-23)30(20-24-13-9-6-10-14-24)27(32)21-31(36(3,34)35)25-17-15-22(2)16-18-25/h5-18,26H,4,19-21H2,1-3H3,(H,29,33). The summed E-state index contributed by atoms with van der Waals surface area (Å²) in [6.45, 7) is 3.89. The zero-order valence-electron chi connectivity index (χ0n) is 20.9. The van der Waals surface area contributed by atoms with E-state index in [1.165, 1.54) is 4.90 Å². The quantitative estimate of drug-likeness (QED) is 0.430. The number of carbonyl (C=O) groups is 2. The highest BCUT2D eigenvalue weighted by atomic mass is 32.2. The summed E-state index contributed by atoms with van der Waals surface area (Å²) in [6, 6.07) is 25.0. The molecule has 0 aliphatic carbocycles. The molecule has 0 fully saturated rings. The van der Waals surface area contributed by atoms with Crippen molar-refractivity contribution in [2.45, 2.75) is 32.9 Å². The predicted molar refractivity (Wildman–Crippen MR) is 143 cm³/mol. The summed E-state index contributed by atoms with van der Waals surface area (Å²) in [6.07, 6.45) is 1.38. The Kier molecular flexibility index (Phi) is 9.25. The van der Waals surface area contributed by atoms with E-state index in [1.807, 2.05) is 74.5 Å². The van der Waals surface area contributed by atoms with Gasteiger partial charge >= 0.3 is 0 Å². The van der Waals surface area contributed by atoms with Crippen LogP contribution in [0.25, 0.3) is 0 Å². The molecule has 2 amide bonds. The monoisotopic (exact) mass is 507 g/mol. The maximum atomic E-state index is 13.8. The molecule has 0 aliphatic heterocycles. The summed E-state index contributed by atoms with van der Waals surface area (Å²) in [7, 11) is -3.76. The van der Waals surface area contributed by atoms with Crippen LogP contribution in [-0.2, 0) is 32.6 Å². The van der Waals surface area contributed by atoms with E-state index in [1.54, 1.807) is 24.3 Å². The largest absolute Gasteiger partial charge is 0.355 e. The molecule has 1 N–H and O–H groups in total. The Morgan fingerprint density at radius 2 is 1.42 bits per heavy atom. The van der Waals surface area contributed by atoms with E-state index in [9.17, 15) is 18.0 Å². The Morgan fingerprint density at radius 1 is 0.861 bits per heavy atom. The van der Waals surface area contributed by atoms with E-state index < -0.39 is 28.5 Å². The minimum absolute atomic E-state index is 0.166. The lowest BCUT2D eigenvalue weighted by Gasteiger charge is -2.33.